The van der Waals surface area contributed by atoms with Gasteiger partial charge < -0.3 is 4.90 Å². The number of hydrogen-bond donors (Lipinski definition) is 0. The Morgan fingerprint density at radius 1 is 1.20 bits per heavy atom. The third-order valence-electron chi connectivity index (χ3n) is 2.40. The summed E-state index contributed by atoms with van der Waals surface area (Å²) in [6.07, 6.45) is 0. The molecule has 0 radical (unpaired) electrons. The summed E-state index contributed by atoms with van der Waals surface area (Å²) < 4.78 is 13.7. The van der Waals surface area contributed by atoms with E-state index in [1.165, 1.54) is 6.07 Å². The molecular weight excluding hydrogens is 189 g/mol. The molecule has 15 heavy (non-hydrogen) atoms. The van der Waals surface area contributed by atoms with E-state index in [1.54, 1.807) is 6.07 Å². The molecule has 0 aliphatic rings. The molecular formula is C13H20FN. The first kappa shape index (κ1) is 12.2. The zero-order valence-electron chi connectivity index (χ0n) is 10.3. The van der Waals surface area contributed by atoms with Crippen molar-refractivity contribution in [2.45, 2.75) is 32.7 Å². The Labute approximate surface area is 91.9 Å². The monoisotopic (exact) mass is 209 g/mol. The van der Waals surface area contributed by atoms with Crippen LogP contribution in [0.15, 0.2) is 18.2 Å². The van der Waals surface area contributed by atoms with Crippen LogP contribution in [0, 0.1) is 5.82 Å². The molecule has 0 aliphatic heterocycles. The highest BCUT2D eigenvalue weighted by molar-refractivity contribution is 5.33. The van der Waals surface area contributed by atoms with E-state index in [4.69, 9.17) is 0 Å². The second-order valence-corrected chi connectivity index (χ2v) is 5.25. The topological polar surface area (TPSA) is 3.24 Å². The van der Waals surface area contributed by atoms with Crippen LogP contribution in [0.5, 0.6) is 0 Å². The van der Waals surface area contributed by atoms with Crippen molar-refractivity contribution < 1.29 is 4.39 Å². The van der Waals surface area contributed by atoms with Crippen molar-refractivity contribution in [1.29, 1.82) is 0 Å². The highest BCUT2D eigenvalue weighted by Crippen LogP contribution is 2.27. The summed E-state index contributed by atoms with van der Waals surface area (Å²) in [7, 11) is 3.91. The number of nitrogens with zero attached hydrogens (tertiary/aromatic N) is 1. The van der Waals surface area contributed by atoms with E-state index in [2.05, 4.69) is 20.8 Å². The lowest BCUT2D eigenvalue weighted by atomic mass is 9.83. The summed E-state index contributed by atoms with van der Waals surface area (Å²) in [6, 6.07) is 5.34. The van der Waals surface area contributed by atoms with Crippen molar-refractivity contribution in [3.8, 4) is 0 Å². The van der Waals surface area contributed by atoms with Gasteiger partial charge in [-0.3, -0.25) is 0 Å². The Morgan fingerprint density at radius 2 is 1.80 bits per heavy atom. The van der Waals surface area contributed by atoms with Gasteiger partial charge in [0.1, 0.15) is 5.82 Å². The van der Waals surface area contributed by atoms with Crippen LogP contribution in [-0.4, -0.2) is 19.0 Å². The normalized spacial score (nSPS) is 12.2. The molecule has 1 nitrogen and oxygen atoms in total. The highest BCUT2D eigenvalue weighted by atomic mass is 19.1. The van der Waals surface area contributed by atoms with Gasteiger partial charge in [0.05, 0.1) is 0 Å². The molecule has 0 saturated heterocycles. The van der Waals surface area contributed by atoms with Crippen LogP contribution in [0.4, 0.5) is 4.39 Å². The SMILES string of the molecule is CN(C)Cc1c(F)cccc1C(C)(C)C. The molecule has 0 saturated carbocycles. The quantitative estimate of drug-likeness (QED) is 0.723. The predicted molar refractivity (Wildman–Crippen MR) is 62.5 cm³/mol. The van der Waals surface area contributed by atoms with Crippen LogP contribution in [0.3, 0.4) is 0 Å². The Bertz CT molecular complexity index is 337. The van der Waals surface area contributed by atoms with Gasteiger partial charge >= 0.3 is 0 Å². The van der Waals surface area contributed by atoms with E-state index >= 15 is 0 Å². The molecule has 1 rings (SSSR count). The van der Waals surface area contributed by atoms with Gasteiger partial charge in [0.25, 0.3) is 0 Å². The molecule has 0 unspecified atom stereocenters. The fourth-order valence-electron chi connectivity index (χ4n) is 1.74. The van der Waals surface area contributed by atoms with Gasteiger partial charge in [0.15, 0.2) is 0 Å². The van der Waals surface area contributed by atoms with Crippen molar-refractivity contribution >= 4 is 0 Å². The molecule has 0 amide bonds. The number of benzene rings is 1. The van der Waals surface area contributed by atoms with Crippen molar-refractivity contribution in [3.63, 3.8) is 0 Å². The first-order valence-corrected chi connectivity index (χ1v) is 5.25. The minimum atomic E-state index is -0.101. The van der Waals surface area contributed by atoms with Crippen LogP contribution < -0.4 is 0 Å². The number of halogens is 1. The van der Waals surface area contributed by atoms with Crippen molar-refractivity contribution in [2.24, 2.45) is 0 Å². The molecule has 0 fully saturated rings. The standard InChI is InChI=1S/C13H20FN/c1-13(2,3)11-7-6-8-12(14)10(11)9-15(4)5/h6-8H,9H2,1-5H3. The average Bonchev–Trinajstić information content (AvgIpc) is 2.05. The summed E-state index contributed by atoms with van der Waals surface area (Å²) in [4.78, 5) is 1.99. The molecule has 0 spiro atoms. The fourth-order valence-corrected chi connectivity index (χ4v) is 1.74. The van der Waals surface area contributed by atoms with Crippen molar-refractivity contribution in [3.05, 3.63) is 35.1 Å². The summed E-state index contributed by atoms with van der Waals surface area (Å²) >= 11 is 0. The summed E-state index contributed by atoms with van der Waals surface area (Å²) in [5, 5.41) is 0. The fraction of sp³-hybridized carbons (Fsp3) is 0.538. The third-order valence-corrected chi connectivity index (χ3v) is 2.40. The van der Waals surface area contributed by atoms with Crippen LogP contribution >= 0.6 is 0 Å². The van der Waals surface area contributed by atoms with Gasteiger partial charge in [-0.15, -0.1) is 0 Å². The van der Waals surface area contributed by atoms with Gasteiger partial charge in [0, 0.05) is 12.1 Å². The number of rotatable bonds is 2. The molecule has 0 aliphatic carbocycles. The van der Waals surface area contributed by atoms with Crippen LogP contribution in [-0.2, 0) is 12.0 Å². The largest absolute Gasteiger partial charge is 0.305 e. The van der Waals surface area contributed by atoms with Crippen LogP contribution in [0.25, 0.3) is 0 Å². The smallest absolute Gasteiger partial charge is 0.127 e. The molecule has 0 heterocycles. The van der Waals surface area contributed by atoms with Gasteiger partial charge in [-0.2, -0.15) is 0 Å². The maximum Gasteiger partial charge on any atom is 0.127 e. The second-order valence-electron chi connectivity index (χ2n) is 5.25. The highest BCUT2D eigenvalue weighted by Gasteiger charge is 2.20. The molecule has 84 valence electrons. The maximum atomic E-state index is 13.7. The summed E-state index contributed by atoms with van der Waals surface area (Å²) in [5.41, 5.74) is 1.90. The Balaban J connectivity index is 3.21. The Kier molecular flexibility index (Phi) is 3.50. The average molecular weight is 209 g/mol. The molecule has 0 atom stereocenters. The van der Waals surface area contributed by atoms with E-state index in [-0.39, 0.29) is 11.2 Å². The Morgan fingerprint density at radius 3 is 2.27 bits per heavy atom. The van der Waals surface area contributed by atoms with Crippen molar-refractivity contribution in [2.75, 3.05) is 14.1 Å². The maximum absolute atomic E-state index is 13.7. The van der Waals surface area contributed by atoms with E-state index < -0.39 is 0 Å². The van der Waals surface area contributed by atoms with Crippen molar-refractivity contribution in [1.82, 2.24) is 4.90 Å². The van der Waals surface area contributed by atoms with Gasteiger partial charge in [0.2, 0.25) is 0 Å². The molecule has 1 aromatic carbocycles. The number of hydrogen-bond acceptors (Lipinski definition) is 1. The van der Waals surface area contributed by atoms with E-state index in [9.17, 15) is 4.39 Å². The second kappa shape index (κ2) is 4.31. The molecule has 2 heteroatoms. The minimum Gasteiger partial charge on any atom is -0.305 e. The molecule has 0 aromatic heterocycles. The molecule has 1 aromatic rings. The van der Waals surface area contributed by atoms with E-state index in [0.29, 0.717) is 6.54 Å². The lowest BCUT2D eigenvalue weighted by Gasteiger charge is -2.24. The van der Waals surface area contributed by atoms with Crippen LogP contribution in [0.2, 0.25) is 0 Å². The van der Waals surface area contributed by atoms with E-state index in [0.717, 1.165) is 11.1 Å². The summed E-state index contributed by atoms with van der Waals surface area (Å²) in [5.74, 6) is -0.101. The first-order valence-electron chi connectivity index (χ1n) is 5.25. The lowest BCUT2D eigenvalue weighted by molar-refractivity contribution is 0.386. The van der Waals surface area contributed by atoms with Gasteiger partial charge in [-0.1, -0.05) is 32.9 Å². The third kappa shape index (κ3) is 3.03. The molecule has 0 bridgehead atoms. The summed E-state index contributed by atoms with van der Waals surface area (Å²) in [6.45, 7) is 6.99. The van der Waals surface area contributed by atoms with E-state index in [1.807, 2.05) is 25.1 Å². The van der Waals surface area contributed by atoms with Gasteiger partial charge in [-0.05, 0) is 31.1 Å². The Hall–Kier alpha value is -0.890. The zero-order valence-corrected chi connectivity index (χ0v) is 10.3. The minimum absolute atomic E-state index is 0.00650. The van der Waals surface area contributed by atoms with Crippen LogP contribution in [0.1, 0.15) is 31.9 Å². The lowest BCUT2D eigenvalue weighted by Crippen LogP contribution is -2.20. The molecule has 0 N–H and O–H groups in total. The van der Waals surface area contributed by atoms with Gasteiger partial charge in [-0.25, -0.2) is 4.39 Å². The predicted octanol–water partition coefficient (Wildman–Crippen LogP) is 3.18. The first-order chi connectivity index (χ1) is 6.82. The zero-order chi connectivity index (χ0) is 11.6.